The molecule has 1 aliphatic heterocycles. The number of H-pyrrole nitrogens is 2. The molecule has 1 fully saturated rings. The van der Waals surface area contributed by atoms with Gasteiger partial charge in [-0.3, -0.25) is 15.0 Å². The SMILES string of the molecule is C=C/C=C(/c1cccc(F)c1)c1cc(-c2n[nH]c3ccc(-c4cncc(CN5CCC(F)(F)C5)c4)cc23)[nH]c1C. The summed E-state index contributed by atoms with van der Waals surface area (Å²) in [4.78, 5) is 9.60. The molecule has 5 nitrogen and oxygen atoms in total. The highest BCUT2D eigenvalue weighted by Crippen LogP contribution is 2.35. The van der Waals surface area contributed by atoms with Crippen LogP contribution in [-0.2, 0) is 6.54 Å². The van der Waals surface area contributed by atoms with Gasteiger partial charge in [0.25, 0.3) is 5.92 Å². The van der Waals surface area contributed by atoms with E-state index in [1.165, 1.54) is 12.1 Å². The summed E-state index contributed by atoms with van der Waals surface area (Å²) in [6, 6.07) is 16.6. The summed E-state index contributed by atoms with van der Waals surface area (Å²) in [6.07, 6.45) is 6.98. The molecule has 0 saturated carbocycles. The van der Waals surface area contributed by atoms with E-state index in [2.05, 4.69) is 32.8 Å². The number of hydrogen-bond acceptors (Lipinski definition) is 3. The van der Waals surface area contributed by atoms with Gasteiger partial charge in [0.15, 0.2) is 0 Å². The van der Waals surface area contributed by atoms with Crippen molar-refractivity contribution in [3.63, 3.8) is 0 Å². The van der Waals surface area contributed by atoms with Crippen LogP contribution in [0.25, 0.3) is 39.0 Å². The van der Waals surface area contributed by atoms with Crippen LogP contribution in [0.4, 0.5) is 13.2 Å². The molecule has 3 aromatic heterocycles. The molecular formula is C32H28F3N5. The maximum absolute atomic E-state index is 14.0. The number of aromatic amines is 2. The molecule has 5 aromatic rings. The van der Waals surface area contributed by atoms with Crippen LogP contribution in [0, 0.1) is 12.7 Å². The van der Waals surface area contributed by atoms with E-state index < -0.39 is 5.92 Å². The first-order chi connectivity index (χ1) is 19.3. The molecule has 0 unspecified atom stereocenters. The zero-order valence-corrected chi connectivity index (χ0v) is 22.0. The molecule has 1 saturated heterocycles. The fourth-order valence-corrected chi connectivity index (χ4v) is 5.41. The van der Waals surface area contributed by atoms with E-state index in [9.17, 15) is 13.2 Å². The lowest BCUT2D eigenvalue weighted by atomic mass is 9.97. The van der Waals surface area contributed by atoms with Crippen LogP contribution in [-0.4, -0.2) is 44.1 Å². The third-order valence-corrected chi connectivity index (χ3v) is 7.33. The van der Waals surface area contributed by atoms with E-state index in [-0.39, 0.29) is 18.8 Å². The molecule has 8 heteroatoms. The number of aromatic nitrogens is 4. The Labute approximate surface area is 230 Å². The number of fused-ring (bicyclic) bond motifs is 1. The molecule has 0 amide bonds. The Morgan fingerprint density at radius 2 is 1.98 bits per heavy atom. The molecule has 0 aliphatic carbocycles. The minimum Gasteiger partial charge on any atom is -0.357 e. The van der Waals surface area contributed by atoms with Crippen LogP contribution in [0.2, 0.25) is 0 Å². The van der Waals surface area contributed by atoms with Crippen molar-refractivity contribution >= 4 is 16.5 Å². The summed E-state index contributed by atoms with van der Waals surface area (Å²) in [7, 11) is 0. The van der Waals surface area contributed by atoms with Gasteiger partial charge in [0.1, 0.15) is 11.5 Å². The molecule has 40 heavy (non-hydrogen) atoms. The molecule has 4 heterocycles. The summed E-state index contributed by atoms with van der Waals surface area (Å²) in [5.41, 5.74) is 8.67. The number of allylic oxidation sites excluding steroid dienone is 2. The molecule has 202 valence electrons. The van der Waals surface area contributed by atoms with Gasteiger partial charge in [0.05, 0.1) is 17.8 Å². The van der Waals surface area contributed by atoms with Crippen LogP contribution < -0.4 is 0 Å². The van der Waals surface area contributed by atoms with Gasteiger partial charge in [-0.15, -0.1) is 0 Å². The van der Waals surface area contributed by atoms with Crippen molar-refractivity contribution < 1.29 is 13.2 Å². The number of hydrogen-bond donors (Lipinski definition) is 2. The zero-order chi connectivity index (χ0) is 27.9. The van der Waals surface area contributed by atoms with Crippen LogP contribution in [0.1, 0.15) is 28.8 Å². The minimum absolute atomic E-state index is 0.104. The highest BCUT2D eigenvalue weighted by atomic mass is 19.3. The van der Waals surface area contributed by atoms with Gasteiger partial charge in [-0.05, 0) is 65.6 Å². The van der Waals surface area contributed by atoms with E-state index in [4.69, 9.17) is 0 Å². The molecule has 0 bridgehead atoms. The Morgan fingerprint density at radius 3 is 2.75 bits per heavy atom. The number of rotatable bonds is 7. The van der Waals surface area contributed by atoms with Gasteiger partial charge in [0, 0.05) is 54.1 Å². The normalized spacial score (nSPS) is 15.7. The van der Waals surface area contributed by atoms with Crippen LogP contribution in [0.3, 0.4) is 0 Å². The lowest BCUT2D eigenvalue weighted by molar-refractivity contribution is 0.0115. The van der Waals surface area contributed by atoms with Gasteiger partial charge in [-0.1, -0.05) is 36.9 Å². The average Bonchev–Trinajstić information content (AvgIpc) is 3.63. The topological polar surface area (TPSA) is 60.6 Å². The second kappa shape index (κ2) is 10.3. The zero-order valence-electron chi connectivity index (χ0n) is 22.0. The number of alkyl halides is 2. The predicted octanol–water partition coefficient (Wildman–Crippen LogP) is 7.53. The summed E-state index contributed by atoms with van der Waals surface area (Å²) in [5, 5.41) is 8.63. The monoisotopic (exact) mass is 539 g/mol. The first-order valence-electron chi connectivity index (χ1n) is 13.1. The number of likely N-dealkylation sites (tertiary alicyclic amines) is 1. The summed E-state index contributed by atoms with van der Waals surface area (Å²) >= 11 is 0. The standard InChI is InChI=1S/C32H28F3N5/c1-3-5-26(23-6-4-7-25(33)13-23)27-15-30(37-20(27)2)31-28-14-22(8-9-29(28)38-39-31)24-12-21(16-36-17-24)18-40-11-10-32(34,35)19-40/h3-9,12-17,37H,1,10-11,18-19H2,2H3,(H,38,39)/b26-5-. The van der Waals surface area contributed by atoms with Crippen molar-refractivity contribution in [1.82, 2.24) is 25.1 Å². The van der Waals surface area contributed by atoms with Crippen LogP contribution in [0.5, 0.6) is 0 Å². The van der Waals surface area contributed by atoms with Crippen molar-refractivity contribution in [3.8, 4) is 22.5 Å². The highest BCUT2D eigenvalue weighted by molar-refractivity contribution is 5.96. The van der Waals surface area contributed by atoms with Gasteiger partial charge in [-0.2, -0.15) is 5.10 Å². The second-order valence-electron chi connectivity index (χ2n) is 10.3. The fraction of sp³-hybridized carbons (Fsp3) is 0.188. The average molecular weight is 540 g/mol. The fourth-order valence-electron chi connectivity index (χ4n) is 5.41. The maximum Gasteiger partial charge on any atom is 0.261 e. The molecule has 2 N–H and O–H groups in total. The number of aryl methyl sites for hydroxylation is 1. The lowest BCUT2D eigenvalue weighted by Gasteiger charge is -2.15. The first-order valence-corrected chi connectivity index (χ1v) is 13.1. The van der Waals surface area contributed by atoms with E-state index in [1.807, 2.05) is 43.3 Å². The van der Waals surface area contributed by atoms with Crippen molar-refractivity contribution in [2.24, 2.45) is 0 Å². The van der Waals surface area contributed by atoms with E-state index in [0.29, 0.717) is 13.1 Å². The number of pyridine rings is 1. The van der Waals surface area contributed by atoms with Gasteiger partial charge in [-0.25, -0.2) is 13.2 Å². The molecule has 0 spiro atoms. The summed E-state index contributed by atoms with van der Waals surface area (Å²) in [5.74, 6) is -2.92. The smallest absolute Gasteiger partial charge is 0.261 e. The third-order valence-electron chi connectivity index (χ3n) is 7.33. The molecule has 2 aromatic carbocycles. The van der Waals surface area contributed by atoms with E-state index in [0.717, 1.165) is 61.4 Å². The predicted molar refractivity (Wildman–Crippen MR) is 152 cm³/mol. The Bertz CT molecular complexity index is 1750. The lowest BCUT2D eigenvalue weighted by Crippen LogP contribution is -2.24. The molecular weight excluding hydrogens is 511 g/mol. The van der Waals surface area contributed by atoms with Gasteiger partial charge < -0.3 is 4.98 Å². The number of nitrogens with one attached hydrogen (secondary N) is 2. The Kier molecular flexibility index (Phi) is 6.64. The Hall–Kier alpha value is -4.43. The highest BCUT2D eigenvalue weighted by Gasteiger charge is 2.37. The van der Waals surface area contributed by atoms with Gasteiger partial charge in [0.2, 0.25) is 0 Å². The van der Waals surface area contributed by atoms with Crippen molar-refractivity contribution in [2.45, 2.75) is 25.8 Å². The van der Waals surface area contributed by atoms with E-state index in [1.54, 1.807) is 29.4 Å². The van der Waals surface area contributed by atoms with Crippen LogP contribution in [0.15, 0.2) is 85.7 Å². The quantitative estimate of drug-likeness (QED) is 0.210. The minimum atomic E-state index is -2.62. The first kappa shape index (κ1) is 25.8. The molecule has 6 rings (SSSR count). The maximum atomic E-state index is 14.0. The Balaban J connectivity index is 1.34. The van der Waals surface area contributed by atoms with Gasteiger partial charge >= 0.3 is 0 Å². The Morgan fingerprint density at radius 1 is 1.10 bits per heavy atom. The summed E-state index contributed by atoms with van der Waals surface area (Å²) in [6.45, 7) is 6.41. The largest absolute Gasteiger partial charge is 0.357 e. The molecule has 0 radical (unpaired) electrons. The van der Waals surface area contributed by atoms with E-state index >= 15 is 0 Å². The summed E-state index contributed by atoms with van der Waals surface area (Å²) < 4.78 is 41.3. The van der Waals surface area contributed by atoms with Crippen molar-refractivity contribution in [3.05, 3.63) is 114 Å². The number of nitrogens with zero attached hydrogens (tertiary/aromatic N) is 3. The van der Waals surface area contributed by atoms with Crippen molar-refractivity contribution in [2.75, 3.05) is 13.1 Å². The number of halogens is 3. The molecule has 0 atom stereocenters. The van der Waals surface area contributed by atoms with Crippen molar-refractivity contribution in [1.29, 1.82) is 0 Å². The molecule has 1 aliphatic rings. The van der Waals surface area contributed by atoms with Crippen LogP contribution >= 0.6 is 0 Å². The third kappa shape index (κ3) is 5.10. The second-order valence-corrected chi connectivity index (χ2v) is 10.3. The number of benzene rings is 2.